The van der Waals surface area contributed by atoms with Crippen molar-refractivity contribution in [1.29, 1.82) is 0 Å². The number of aryl methyl sites for hydroxylation is 1. The van der Waals surface area contributed by atoms with E-state index in [2.05, 4.69) is 37.7 Å². The van der Waals surface area contributed by atoms with E-state index in [-0.39, 0.29) is 11.3 Å². The van der Waals surface area contributed by atoms with Gasteiger partial charge in [-0.05, 0) is 72.5 Å². The first kappa shape index (κ1) is 27.2. The van der Waals surface area contributed by atoms with Gasteiger partial charge >= 0.3 is 0 Å². The van der Waals surface area contributed by atoms with Gasteiger partial charge in [-0.25, -0.2) is 13.8 Å². The molecular formula is C33H24F2N6O2. The van der Waals surface area contributed by atoms with Crippen molar-refractivity contribution in [2.45, 2.75) is 13.6 Å². The third-order valence-corrected chi connectivity index (χ3v) is 6.55. The average molecular weight is 575 g/mol. The summed E-state index contributed by atoms with van der Waals surface area (Å²) in [6, 6.07) is 20.0. The Morgan fingerprint density at radius 3 is 2.65 bits per heavy atom. The molecule has 3 aromatic heterocycles. The minimum absolute atomic E-state index is 0.198. The standard InChI is InChI=1S/C33H24F2N6O2/c1-21-12-30(35)29(33(42)40-24-13-22(17-34)14-28(16-24)43-27-6-3-2-4-7-27)15-23(21)9-10-26-20-36-32-31(8-5-11-41(26)32)39-25-18-37-38-19-25/h2-8,11-16,18-20,39H,17H2,1H3,(H,37,38)(H,40,42). The topological polar surface area (TPSA) is 96.3 Å². The van der Waals surface area contributed by atoms with Crippen LogP contribution in [0, 0.1) is 24.6 Å². The second-order valence-electron chi connectivity index (χ2n) is 9.64. The number of imidazole rings is 1. The highest BCUT2D eigenvalue weighted by Crippen LogP contribution is 2.28. The summed E-state index contributed by atoms with van der Waals surface area (Å²) in [5.74, 6) is 5.62. The molecule has 1 amide bonds. The van der Waals surface area contributed by atoms with Crippen molar-refractivity contribution in [2.24, 2.45) is 0 Å². The number of ether oxygens (including phenoxy) is 1. The minimum Gasteiger partial charge on any atom is -0.457 e. The summed E-state index contributed by atoms with van der Waals surface area (Å²) in [5.41, 5.74) is 4.23. The van der Waals surface area contributed by atoms with Crippen LogP contribution in [0.5, 0.6) is 11.5 Å². The molecule has 0 atom stereocenters. The van der Waals surface area contributed by atoms with Crippen LogP contribution in [-0.2, 0) is 6.67 Å². The zero-order valence-electron chi connectivity index (χ0n) is 22.9. The van der Waals surface area contributed by atoms with E-state index in [9.17, 15) is 13.6 Å². The van der Waals surface area contributed by atoms with Crippen LogP contribution in [0.1, 0.15) is 32.7 Å². The van der Waals surface area contributed by atoms with Crippen molar-refractivity contribution in [3.8, 4) is 23.3 Å². The fraction of sp³-hybridized carbons (Fsp3) is 0.0606. The van der Waals surface area contributed by atoms with E-state index < -0.39 is 18.4 Å². The van der Waals surface area contributed by atoms with Crippen molar-refractivity contribution in [2.75, 3.05) is 10.6 Å². The average Bonchev–Trinajstić information content (AvgIpc) is 3.67. The summed E-state index contributed by atoms with van der Waals surface area (Å²) < 4.78 is 36.2. The maximum atomic E-state index is 15.0. The van der Waals surface area contributed by atoms with Crippen molar-refractivity contribution in [1.82, 2.24) is 19.6 Å². The molecule has 6 rings (SSSR count). The second kappa shape index (κ2) is 11.9. The summed E-state index contributed by atoms with van der Waals surface area (Å²) in [4.78, 5) is 17.7. The number of benzene rings is 3. The summed E-state index contributed by atoms with van der Waals surface area (Å²) >= 11 is 0. The molecule has 0 bridgehead atoms. The van der Waals surface area contributed by atoms with E-state index in [4.69, 9.17) is 4.74 Å². The van der Waals surface area contributed by atoms with Gasteiger partial charge in [-0.3, -0.25) is 14.3 Å². The number of aromatic nitrogens is 4. The lowest BCUT2D eigenvalue weighted by molar-refractivity contribution is 0.102. The van der Waals surface area contributed by atoms with Gasteiger partial charge in [0.05, 0.1) is 29.3 Å². The molecule has 0 aliphatic heterocycles. The Balaban J connectivity index is 1.26. The SMILES string of the molecule is Cc1cc(F)c(C(=O)Nc2cc(CF)cc(Oc3ccccc3)c2)cc1C#Cc1cnc2c(Nc3cn[nH]c3)cccn12. The fourth-order valence-electron chi connectivity index (χ4n) is 4.48. The lowest BCUT2D eigenvalue weighted by Crippen LogP contribution is -2.14. The molecule has 0 aliphatic carbocycles. The lowest BCUT2D eigenvalue weighted by Gasteiger charge is -2.12. The van der Waals surface area contributed by atoms with E-state index in [0.29, 0.717) is 39.5 Å². The van der Waals surface area contributed by atoms with Crippen molar-refractivity contribution in [3.63, 3.8) is 0 Å². The molecule has 6 aromatic rings. The Bertz CT molecular complexity index is 1990. The number of nitrogens with one attached hydrogen (secondary N) is 3. The second-order valence-corrected chi connectivity index (χ2v) is 9.64. The molecule has 212 valence electrons. The number of carbonyl (C=O) groups is 1. The number of hydrogen-bond donors (Lipinski definition) is 3. The van der Waals surface area contributed by atoms with Gasteiger partial charge in [0.15, 0.2) is 5.65 Å². The van der Waals surface area contributed by atoms with E-state index in [0.717, 1.165) is 11.4 Å². The predicted molar refractivity (Wildman–Crippen MR) is 160 cm³/mol. The molecule has 3 aromatic carbocycles. The zero-order valence-corrected chi connectivity index (χ0v) is 22.9. The van der Waals surface area contributed by atoms with Gasteiger partial charge in [0.2, 0.25) is 0 Å². The molecule has 0 saturated carbocycles. The number of nitrogens with zero attached hydrogens (tertiary/aromatic N) is 3. The number of amides is 1. The van der Waals surface area contributed by atoms with Gasteiger partial charge < -0.3 is 15.4 Å². The van der Waals surface area contributed by atoms with Gasteiger partial charge in [0.25, 0.3) is 5.91 Å². The monoisotopic (exact) mass is 574 g/mol. The summed E-state index contributed by atoms with van der Waals surface area (Å²) in [5, 5.41) is 12.6. The fourth-order valence-corrected chi connectivity index (χ4v) is 4.48. The summed E-state index contributed by atoms with van der Waals surface area (Å²) in [7, 11) is 0. The van der Waals surface area contributed by atoms with Crippen LogP contribution < -0.4 is 15.4 Å². The number of fused-ring (bicyclic) bond motifs is 1. The third-order valence-electron chi connectivity index (χ3n) is 6.55. The highest BCUT2D eigenvalue weighted by atomic mass is 19.1. The van der Waals surface area contributed by atoms with Gasteiger partial charge in [0.1, 0.15) is 29.7 Å². The minimum atomic E-state index is -0.766. The molecular weight excluding hydrogens is 550 g/mol. The largest absolute Gasteiger partial charge is 0.457 e. The molecule has 3 heterocycles. The normalized spacial score (nSPS) is 10.7. The van der Waals surface area contributed by atoms with Crippen LogP contribution in [-0.4, -0.2) is 25.5 Å². The molecule has 8 nitrogen and oxygen atoms in total. The Morgan fingerprint density at radius 2 is 1.86 bits per heavy atom. The summed E-state index contributed by atoms with van der Waals surface area (Å²) in [6.07, 6.45) is 6.87. The summed E-state index contributed by atoms with van der Waals surface area (Å²) in [6.45, 7) is 0.950. The Hall–Kier alpha value is -5.95. The van der Waals surface area contributed by atoms with Gasteiger partial charge in [-0.1, -0.05) is 24.1 Å². The Kier molecular flexibility index (Phi) is 7.53. The number of halogens is 2. The van der Waals surface area contributed by atoms with Crippen LogP contribution >= 0.6 is 0 Å². The van der Waals surface area contributed by atoms with E-state index in [1.54, 1.807) is 49.8 Å². The van der Waals surface area contributed by atoms with E-state index in [1.807, 2.05) is 40.9 Å². The molecule has 3 N–H and O–H groups in total. The van der Waals surface area contributed by atoms with Gasteiger partial charge in [-0.15, -0.1) is 0 Å². The Morgan fingerprint density at radius 1 is 1.00 bits per heavy atom. The number of para-hydroxylation sites is 1. The van der Waals surface area contributed by atoms with Crippen LogP contribution in [0.25, 0.3) is 5.65 Å². The maximum absolute atomic E-state index is 15.0. The van der Waals surface area contributed by atoms with Gasteiger partial charge in [-0.2, -0.15) is 5.10 Å². The first-order valence-electron chi connectivity index (χ1n) is 13.2. The molecule has 0 aliphatic rings. The third kappa shape index (κ3) is 6.06. The number of aromatic amines is 1. The number of alkyl halides is 1. The van der Waals surface area contributed by atoms with Crippen LogP contribution in [0.4, 0.5) is 25.8 Å². The number of carbonyl (C=O) groups excluding carboxylic acids is 1. The first-order valence-corrected chi connectivity index (χ1v) is 13.2. The molecule has 0 spiro atoms. The number of anilines is 3. The molecule has 0 radical (unpaired) electrons. The lowest BCUT2D eigenvalue weighted by atomic mass is 10.0. The smallest absolute Gasteiger partial charge is 0.258 e. The molecule has 10 heteroatoms. The quantitative estimate of drug-likeness (QED) is 0.176. The predicted octanol–water partition coefficient (Wildman–Crippen LogP) is 7.16. The van der Waals surface area contributed by atoms with E-state index in [1.165, 1.54) is 18.2 Å². The number of H-pyrrole nitrogens is 1. The van der Waals surface area contributed by atoms with E-state index >= 15 is 0 Å². The number of pyridine rings is 1. The molecule has 0 unspecified atom stereocenters. The van der Waals surface area contributed by atoms with Crippen LogP contribution in [0.2, 0.25) is 0 Å². The van der Waals surface area contributed by atoms with Gasteiger partial charge in [0, 0.05) is 29.7 Å². The van der Waals surface area contributed by atoms with Crippen molar-refractivity contribution < 1.29 is 18.3 Å². The first-order chi connectivity index (χ1) is 21.0. The van der Waals surface area contributed by atoms with Crippen LogP contribution in [0.3, 0.4) is 0 Å². The molecule has 43 heavy (non-hydrogen) atoms. The van der Waals surface area contributed by atoms with Crippen molar-refractivity contribution in [3.05, 3.63) is 131 Å². The maximum Gasteiger partial charge on any atom is 0.258 e. The number of hydrogen-bond acceptors (Lipinski definition) is 5. The number of rotatable bonds is 7. The van der Waals surface area contributed by atoms with Crippen LogP contribution in [0.15, 0.2) is 97.6 Å². The molecule has 0 saturated heterocycles. The Labute approximate surface area is 245 Å². The van der Waals surface area contributed by atoms with Crippen molar-refractivity contribution >= 4 is 28.6 Å². The zero-order chi connectivity index (χ0) is 29.8. The highest BCUT2D eigenvalue weighted by molar-refractivity contribution is 6.05. The highest BCUT2D eigenvalue weighted by Gasteiger charge is 2.16. The molecule has 0 fully saturated rings.